The molecule has 0 saturated carbocycles. The Hall–Kier alpha value is -2.12. The van der Waals surface area contributed by atoms with Crippen molar-refractivity contribution >= 4 is 28.6 Å². The molecular formula is C11H12N6S. The topological polar surface area (TPSA) is 80.3 Å². The molecule has 0 atom stereocenters. The second-order valence-electron chi connectivity index (χ2n) is 3.71. The predicted molar refractivity (Wildman–Crippen MR) is 72.4 cm³/mol. The number of nitrogens with two attached hydrogens (primary N) is 1. The molecule has 4 N–H and O–H groups in total. The molecule has 18 heavy (non-hydrogen) atoms. The lowest BCUT2D eigenvalue weighted by Gasteiger charge is -2.08. The third-order valence-electron chi connectivity index (χ3n) is 2.53. The monoisotopic (exact) mass is 260 g/mol. The number of nitrogens with zero attached hydrogens (tertiary/aromatic N) is 3. The summed E-state index contributed by atoms with van der Waals surface area (Å²) < 4.78 is 1.87. The molecule has 0 saturated heterocycles. The molecule has 3 heterocycles. The molecule has 7 heteroatoms. The van der Waals surface area contributed by atoms with Crippen molar-refractivity contribution in [1.82, 2.24) is 14.4 Å². The van der Waals surface area contributed by atoms with E-state index in [1.54, 1.807) is 23.7 Å². The Bertz CT molecular complexity index is 645. The second kappa shape index (κ2) is 4.63. The molecule has 0 aliphatic heterocycles. The molecule has 0 radical (unpaired) electrons. The van der Waals surface area contributed by atoms with E-state index in [0.29, 0.717) is 11.6 Å². The Morgan fingerprint density at radius 2 is 2.39 bits per heavy atom. The number of aromatic nitrogens is 3. The van der Waals surface area contributed by atoms with Gasteiger partial charge >= 0.3 is 0 Å². The normalized spacial score (nSPS) is 10.7. The zero-order valence-electron chi connectivity index (χ0n) is 9.50. The van der Waals surface area contributed by atoms with Crippen LogP contribution in [0.15, 0.2) is 36.1 Å². The number of thiophene rings is 1. The molecular weight excluding hydrogens is 248 g/mol. The quantitative estimate of drug-likeness (QED) is 0.491. The van der Waals surface area contributed by atoms with E-state index in [0.717, 1.165) is 12.2 Å². The van der Waals surface area contributed by atoms with Crippen LogP contribution in [0, 0.1) is 0 Å². The Morgan fingerprint density at radius 1 is 1.44 bits per heavy atom. The van der Waals surface area contributed by atoms with Gasteiger partial charge in [0.2, 0.25) is 0 Å². The maximum atomic E-state index is 5.40. The zero-order valence-corrected chi connectivity index (χ0v) is 10.3. The fourth-order valence-corrected chi connectivity index (χ4v) is 2.35. The molecule has 3 aromatic rings. The minimum Gasteiger partial charge on any atom is -0.362 e. The standard InChI is InChI=1S/C11H12N6S/c12-16-9-7-17-4-3-13-11(17)10(15-9)14-6-8-2-1-5-18-8/h1-5,7,16H,6,12H2,(H,14,15). The zero-order chi connectivity index (χ0) is 12.4. The summed E-state index contributed by atoms with van der Waals surface area (Å²) in [7, 11) is 0. The number of nitrogen functional groups attached to an aromatic ring is 1. The SMILES string of the molecule is NNc1cn2ccnc2c(NCc2cccs2)n1. The summed E-state index contributed by atoms with van der Waals surface area (Å²) in [6, 6.07) is 4.10. The van der Waals surface area contributed by atoms with Crippen LogP contribution < -0.4 is 16.6 Å². The lowest BCUT2D eigenvalue weighted by molar-refractivity contribution is 1.07. The van der Waals surface area contributed by atoms with Gasteiger partial charge in [-0.05, 0) is 11.4 Å². The number of hydrogen-bond acceptors (Lipinski definition) is 6. The first-order chi connectivity index (χ1) is 8.86. The van der Waals surface area contributed by atoms with Crippen LogP contribution >= 0.6 is 11.3 Å². The first-order valence-electron chi connectivity index (χ1n) is 5.43. The molecule has 0 spiro atoms. The van der Waals surface area contributed by atoms with Gasteiger partial charge in [0, 0.05) is 17.3 Å². The van der Waals surface area contributed by atoms with Gasteiger partial charge in [0.15, 0.2) is 17.3 Å². The van der Waals surface area contributed by atoms with Gasteiger partial charge in [-0.15, -0.1) is 11.3 Å². The van der Waals surface area contributed by atoms with E-state index in [9.17, 15) is 0 Å². The summed E-state index contributed by atoms with van der Waals surface area (Å²) in [5, 5.41) is 5.32. The van der Waals surface area contributed by atoms with Gasteiger partial charge < -0.3 is 15.1 Å². The van der Waals surface area contributed by atoms with Gasteiger partial charge in [0.05, 0.1) is 12.7 Å². The van der Waals surface area contributed by atoms with E-state index in [1.165, 1.54) is 4.88 Å². The van der Waals surface area contributed by atoms with E-state index in [-0.39, 0.29) is 0 Å². The Morgan fingerprint density at radius 3 is 3.17 bits per heavy atom. The van der Waals surface area contributed by atoms with Crippen LogP contribution in [0.4, 0.5) is 11.6 Å². The Labute approximate surface area is 107 Å². The summed E-state index contributed by atoms with van der Waals surface area (Å²) in [6.07, 6.45) is 5.38. The van der Waals surface area contributed by atoms with Crippen molar-refractivity contribution in [3.05, 3.63) is 41.0 Å². The minimum absolute atomic E-state index is 0.592. The highest BCUT2D eigenvalue weighted by molar-refractivity contribution is 7.09. The molecule has 6 nitrogen and oxygen atoms in total. The van der Waals surface area contributed by atoms with Crippen molar-refractivity contribution in [3.63, 3.8) is 0 Å². The molecule has 0 aromatic carbocycles. The maximum absolute atomic E-state index is 5.40. The number of anilines is 2. The van der Waals surface area contributed by atoms with Crippen molar-refractivity contribution in [2.45, 2.75) is 6.54 Å². The molecule has 0 bridgehead atoms. The molecule has 0 unspecified atom stereocenters. The van der Waals surface area contributed by atoms with Gasteiger partial charge in [-0.3, -0.25) is 0 Å². The van der Waals surface area contributed by atoms with E-state index < -0.39 is 0 Å². The summed E-state index contributed by atoms with van der Waals surface area (Å²) >= 11 is 1.70. The van der Waals surface area contributed by atoms with Crippen molar-refractivity contribution in [2.75, 3.05) is 10.7 Å². The number of hydrazine groups is 1. The van der Waals surface area contributed by atoms with Crippen molar-refractivity contribution in [2.24, 2.45) is 5.84 Å². The molecule has 0 aliphatic carbocycles. The van der Waals surface area contributed by atoms with E-state index in [1.807, 2.05) is 22.0 Å². The average Bonchev–Trinajstić information content (AvgIpc) is 3.06. The van der Waals surface area contributed by atoms with Gasteiger partial charge in [-0.1, -0.05) is 6.07 Å². The lowest BCUT2D eigenvalue weighted by Crippen LogP contribution is -2.11. The van der Waals surface area contributed by atoms with Crippen molar-refractivity contribution < 1.29 is 0 Å². The lowest BCUT2D eigenvalue weighted by atomic mass is 10.4. The molecule has 3 rings (SSSR count). The van der Waals surface area contributed by atoms with E-state index >= 15 is 0 Å². The number of rotatable bonds is 4. The average molecular weight is 260 g/mol. The highest BCUT2D eigenvalue weighted by Crippen LogP contribution is 2.17. The van der Waals surface area contributed by atoms with Gasteiger partial charge in [0.25, 0.3) is 0 Å². The summed E-state index contributed by atoms with van der Waals surface area (Å²) in [5.74, 6) is 6.70. The van der Waals surface area contributed by atoms with Crippen LogP contribution in [0.5, 0.6) is 0 Å². The first kappa shape index (κ1) is 11.0. The van der Waals surface area contributed by atoms with Crippen LogP contribution in [0.25, 0.3) is 5.65 Å². The van der Waals surface area contributed by atoms with Crippen LogP contribution in [-0.4, -0.2) is 14.4 Å². The highest BCUT2D eigenvalue weighted by atomic mass is 32.1. The molecule has 3 aromatic heterocycles. The van der Waals surface area contributed by atoms with Crippen molar-refractivity contribution in [3.8, 4) is 0 Å². The number of imidazole rings is 1. The molecule has 92 valence electrons. The van der Waals surface area contributed by atoms with Crippen LogP contribution in [0.3, 0.4) is 0 Å². The van der Waals surface area contributed by atoms with Gasteiger partial charge in [0.1, 0.15) is 0 Å². The summed E-state index contributed by atoms with van der Waals surface area (Å²) in [6.45, 7) is 0.723. The highest BCUT2D eigenvalue weighted by Gasteiger charge is 2.06. The minimum atomic E-state index is 0.592. The predicted octanol–water partition coefficient (Wildman–Crippen LogP) is 1.69. The smallest absolute Gasteiger partial charge is 0.180 e. The first-order valence-corrected chi connectivity index (χ1v) is 6.31. The fourth-order valence-electron chi connectivity index (χ4n) is 1.70. The second-order valence-corrected chi connectivity index (χ2v) is 4.74. The van der Waals surface area contributed by atoms with E-state index in [2.05, 4.69) is 26.8 Å². The fraction of sp³-hybridized carbons (Fsp3) is 0.0909. The summed E-state index contributed by atoms with van der Waals surface area (Å²) in [4.78, 5) is 9.88. The van der Waals surface area contributed by atoms with Crippen LogP contribution in [0.2, 0.25) is 0 Å². The van der Waals surface area contributed by atoms with E-state index in [4.69, 9.17) is 5.84 Å². The maximum Gasteiger partial charge on any atom is 0.180 e. The molecule has 0 aliphatic rings. The van der Waals surface area contributed by atoms with Crippen LogP contribution in [-0.2, 0) is 6.54 Å². The Balaban J connectivity index is 1.92. The largest absolute Gasteiger partial charge is 0.362 e. The summed E-state index contributed by atoms with van der Waals surface area (Å²) in [5.41, 5.74) is 3.33. The molecule has 0 fully saturated rings. The number of fused-ring (bicyclic) bond motifs is 1. The third kappa shape index (κ3) is 2.01. The third-order valence-corrected chi connectivity index (χ3v) is 3.41. The Kier molecular flexibility index (Phi) is 2.83. The van der Waals surface area contributed by atoms with Gasteiger partial charge in [-0.25, -0.2) is 15.8 Å². The molecule has 0 amide bonds. The van der Waals surface area contributed by atoms with Crippen molar-refractivity contribution in [1.29, 1.82) is 0 Å². The number of hydrogen-bond donors (Lipinski definition) is 3. The number of nitrogens with one attached hydrogen (secondary N) is 2. The van der Waals surface area contributed by atoms with Gasteiger partial charge in [-0.2, -0.15) is 0 Å². The van der Waals surface area contributed by atoms with Crippen LogP contribution in [0.1, 0.15) is 4.88 Å².